The molecule has 0 aromatic carbocycles. The Hall–Kier alpha value is -0.430. The Balaban J connectivity index is 2.44. The molecule has 1 fully saturated rings. The molecule has 0 spiro atoms. The van der Waals surface area contributed by atoms with Crippen LogP contribution in [0.3, 0.4) is 0 Å². The van der Waals surface area contributed by atoms with E-state index in [9.17, 15) is 4.79 Å². The second-order valence-electron chi connectivity index (χ2n) is 5.64. The van der Waals surface area contributed by atoms with E-state index in [1.165, 1.54) is 0 Å². The third kappa shape index (κ3) is 2.54. The van der Waals surface area contributed by atoms with E-state index >= 15 is 0 Å². The van der Waals surface area contributed by atoms with Crippen LogP contribution in [0.1, 0.15) is 40.2 Å². The number of hydrogen-bond donors (Lipinski definition) is 0. The van der Waals surface area contributed by atoms with Crippen molar-refractivity contribution >= 4 is 22.6 Å². The monoisotopic (exact) mass is 348 g/mol. The zero-order valence-corrected chi connectivity index (χ0v) is 12.7. The predicted octanol–water partition coefficient (Wildman–Crippen LogP) is 2.37. The van der Waals surface area contributed by atoms with Gasteiger partial charge in [0.1, 0.15) is 0 Å². The van der Waals surface area contributed by atoms with Gasteiger partial charge in [-0.1, -0.05) is 0 Å². The van der Waals surface area contributed by atoms with Crippen molar-refractivity contribution in [3.8, 4) is 0 Å². The van der Waals surface area contributed by atoms with Gasteiger partial charge in [-0.05, 0) is 50.3 Å². The summed E-state index contributed by atoms with van der Waals surface area (Å²) in [5, 5.41) is 4.24. The average molecular weight is 348 g/mol. The number of hydrogen-bond acceptors (Lipinski definition) is 3. The van der Waals surface area contributed by atoms with Crippen LogP contribution in [0.4, 0.5) is 0 Å². The normalized spacial score (nSPS) is 26.1. The average Bonchev–Trinajstić information content (AvgIpc) is 2.34. The Bertz CT molecular complexity index is 494. The molecule has 94 valence electrons. The molecule has 5 heteroatoms. The second-order valence-corrected chi connectivity index (χ2v) is 6.89. The molecule has 1 aromatic rings. The minimum atomic E-state index is -0.368. The van der Waals surface area contributed by atoms with E-state index in [1.807, 2.05) is 27.7 Å². The van der Waals surface area contributed by atoms with Crippen molar-refractivity contribution in [2.45, 2.75) is 51.4 Å². The fraction of sp³-hybridized carbons (Fsp3) is 0.667. The Labute approximate surface area is 114 Å². The molecule has 0 amide bonds. The molecule has 0 radical (unpaired) electrons. The second kappa shape index (κ2) is 4.05. The lowest BCUT2D eigenvalue weighted by atomic mass is 9.94. The summed E-state index contributed by atoms with van der Waals surface area (Å²) in [5.74, 6) is 0. The third-order valence-electron chi connectivity index (χ3n) is 3.11. The molecule has 0 N–H and O–H groups in total. The number of rotatable bonds is 1. The van der Waals surface area contributed by atoms with Crippen molar-refractivity contribution in [3.63, 3.8) is 0 Å². The van der Waals surface area contributed by atoms with Gasteiger partial charge in [-0.3, -0.25) is 4.79 Å². The van der Waals surface area contributed by atoms with Gasteiger partial charge < -0.3 is 4.74 Å². The first-order valence-corrected chi connectivity index (χ1v) is 6.74. The van der Waals surface area contributed by atoms with Gasteiger partial charge in [0.25, 0.3) is 5.56 Å². The van der Waals surface area contributed by atoms with Crippen LogP contribution in [0.2, 0.25) is 0 Å². The summed E-state index contributed by atoms with van der Waals surface area (Å²) >= 11 is 2.09. The maximum Gasteiger partial charge on any atom is 0.268 e. The fourth-order valence-corrected chi connectivity index (χ4v) is 2.93. The Morgan fingerprint density at radius 1 is 1.47 bits per heavy atom. The molecule has 4 nitrogen and oxygen atoms in total. The molecule has 17 heavy (non-hydrogen) atoms. The van der Waals surface area contributed by atoms with Crippen molar-refractivity contribution in [2.75, 3.05) is 0 Å². The summed E-state index contributed by atoms with van der Waals surface area (Å²) in [6.45, 7) is 8.12. The minimum Gasteiger partial charge on any atom is -0.367 e. The van der Waals surface area contributed by atoms with Gasteiger partial charge >= 0.3 is 0 Å². The number of aromatic nitrogens is 2. The van der Waals surface area contributed by atoms with Gasteiger partial charge in [-0.15, -0.1) is 0 Å². The number of nitrogens with zero attached hydrogens (tertiary/aromatic N) is 2. The van der Waals surface area contributed by atoms with Gasteiger partial charge in [-0.2, -0.15) is 5.10 Å². The molecule has 1 saturated heterocycles. The Morgan fingerprint density at radius 3 is 2.59 bits per heavy atom. The zero-order chi connectivity index (χ0) is 12.8. The summed E-state index contributed by atoms with van der Waals surface area (Å²) in [4.78, 5) is 12.0. The fourth-order valence-electron chi connectivity index (χ4n) is 2.54. The molecule has 0 aliphatic carbocycles. The summed E-state index contributed by atoms with van der Waals surface area (Å²) in [6, 6.07) is 1.59. The smallest absolute Gasteiger partial charge is 0.268 e. The third-order valence-corrected chi connectivity index (χ3v) is 3.70. The SMILES string of the molecule is CC1(C)CC(n2ncc(I)cc2=O)C(C)(C)O1. The maximum absolute atomic E-state index is 12.0. The van der Waals surface area contributed by atoms with Crippen molar-refractivity contribution in [1.29, 1.82) is 0 Å². The molecule has 2 heterocycles. The van der Waals surface area contributed by atoms with E-state index < -0.39 is 0 Å². The minimum absolute atomic E-state index is 0.0120. The maximum atomic E-state index is 12.0. The van der Waals surface area contributed by atoms with Crippen LogP contribution in [0, 0.1) is 3.57 Å². The van der Waals surface area contributed by atoms with E-state index in [0.29, 0.717) is 0 Å². The first-order chi connectivity index (χ1) is 7.71. The highest BCUT2D eigenvalue weighted by molar-refractivity contribution is 14.1. The standard InChI is InChI=1S/C12H17IN2O2/c1-11(2)6-9(12(3,4)17-11)15-10(16)5-8(13)7-14-15/h5,7,9H,6H2,1-4H3. The lowest BCUT2D eigenvalue weighted by molar-refractivity contribution is -0.0741. The topological polar surface area (TPSA) is 44.1 Å². The van der Waals surface area contributed by atoms with E-state index in [4.69, 9.17) is 4.74 Å². The van der Waals surface area contributed by atoms with Gasteiger partial charge in [-0.25, -0.2) is 4.68 Å². The molecule has 1 aliphatic rings. The van der Waals surface area contributed by atoms with Crippen LogP contribution in [0.15, 0.2) is 17.1 Å². The highest BCUT2D eigenvalue weighted by Crippen LogP contribution is 2.43. The van der Waals surface area contributed by atoms with Gasteiger partial charge in [0.15, 0.2) is 0 Å². The zero-order valence-electron chi connectivity index (χ0n) is 10.5. The van der Waals surface area contributed by atoms with Crippen molar-refractivity contribution in [3.05, 3.63) is 26.2 Å². The van der Waals surface area contributed by atoms with Crippen LogP contribution in [0.25, 0.3) is 0 Å². The van der Waals surface area contributed by atoms with E-state index in [-0.39, 0.29) is 22.8 Å². The molecule has 0 saturated carbocycles. The molecule has 1 aliphatic heterocycles. The van der Waals surface area contributed by atoms with Crippen LogP contribution in [0.5, 0.6) is 0 Å². The molecule has 2 rings (SSSR count). The molecular formula is C12H17IN2O2. The van der Waals surface area contributed by atoms with Crippen molar-refractivity contribution < 1.29 is 4.74 Å². The molecule has 1 atom stereocenters. The molecule has 1 unspecified atom stereocenters. The lowest BCUT2D eigenvalue weighted by Gasteiger charge is -2.27. The van der Waals surface area contributed by atoms with Crippen molar-refractivity contribution in [1.82, 2.24) is 9.78 Å². The highest BCUT2D eigenvalue weighted by atomic mass is 127. The van der Waals surface area contributed by atoms with Gasteiger partial charge in [0, 0.05) is 16.1 Å². The van der Waals surface area contributed by atoms with E-state index in [1.54, 1.807) is 16.9 Å². The van der Waals surface area contributed by atoms with Crippen LogP contribution in [-0.2, 0) is 4.74 Å². The van der Waals surface area contributed by atoms with Crippen LogP contribution in [-0.4, -0.2) is 21.0 Å². The first-order valence-electron chi connectivity index (χ1n) is 5.66. The summed E-state index contributed by atoms with van der Waals surface area (Å²) in [6.07, 6.45) is 2.51. The number of halogens is 1. The van der Waals surface area contributed by atoms with Crippen molar-refractivity contribution in [2.24, 2.45) is 0 Å². The summed E-state index contributed by atoms with van der Waals surface area (Å²) in [5.41, 5.74) is -0.637. The number of ether oxygens (including phenoxy) is 1. The molecular weight excluding hydrogens is 331 g/mol. The van der Waals surface area contributed by atoms with Gasteiger partial charge in [0.2, 0.25) is 0 Å². The summed E-state index contributed by atoms with van der Waals surface area (Å²) < 4.78 is 8.40. The van der Waals surface area contributed by atoms with Gasteiger partial charge in [0.05, 0.1) is 23.4 Å². The summed E-state index contributed by atoms with van der Waals surface area (Å²) in [7, 11) is 0. The lowest BCUT2D eigenvalue weighted by Crippen LogP contribution is -2.37. The Kier molecular flexibility index (Phi) is 3.10. The Morgan fingerprint density at radius 2 is 2.12 bits per heavy atom. The van der Waals surface area contributed by atoms with Crippen LogP contribution < -0.4 is 5.56 Å². The predicted molar refractivity (Wildman–Crippen MR) is 74.1 cm³/mol. The highest BCUT2D eigenvalue weighted by Gasteiger charge is 2.47. The molecule has 1 aromatic heterocycles. The quantitative estimate of drug-likeness (QED) is 0.732. The first kappa shape index (κ1) is 13.0. The van der Waals surface area contributed by atoms with E-state index in [2.05, 4.69) is 27.7 Å². The van der Waals surface area contributed by atoms with Crippen LogP contribution >= 0.6 is 22.6 Å². The van der Waals surface area contributed by atoms with E-state index in [0.717, 1.165) is 9.99 Å². The largest absolute Gasteiger partial charge is 0.367 e. The molecule has 0 bridgehead atoms.